The summed E-state index contributed by atoms with van der Waals surface area (Å²) in [5.74, 6) is -1.31. The lowest BCUT2D eigenvalue weighted by Crippen LogP contribution is -2.45. The van der Waals surface area contributed by atoms with Crippen molar-refractivity contribution in [2.24, 2.45) is 0 Å². The first-order valence-electron chi connectivity index (χ1n) is 5.68. The molecule has 0 amide bonds. The Bertz CT molecular complexity index is 387. The zero-order valence-electron chi connectivity index (χ0n) is 10.2. The van der Waals surface area contributed by atoms with Gasteiger partial charge in [-0.15, -0.1) is 24.8 Å². The smallest absolute Gasteiger partial charge is 0.130 e. The van der Waals surface area contributed by atoms with E-state index in [0.29, 0.717) is 13.1 Å². The fourth-order valence-corrected chi connectivity index (χ4v) is 2.14. The quantitative estimate of drug-likeness (QED) is 0.922. The number of nitrogens with one attached hydrogen (secondary N) is 1. The first kappa shape index (κ1) is 18.5. The van der Waals surface area contributed by atoms with Gasteiger partial charge in [-0.25, -0.2) is 13.2 Å². The minimum Gasteiger partial charge on any atom is -0.314 e. The first-order chi connectivity index (χ1) is 8.22. The standard InChI is InChI=1S/C12H15F3N2.2ClH/c13-8-12(17-5-3-16-4-6-17)10-2-1-9(14)7-11(10)15;;/h1-2,7,12,16H,3-6,8H2;2*1H/t12-;;/m0../s1. The van der Waals surface area contributed by atoms with Crippen LogP contribution in [0, 0.1) is 11.6 Å². The van der Waals surface area contributed by atoms with E-state index in [9.17, 15) is 13.2 Å². The highest BCUT2D eigenvalue weighted by Crippen LogP contribution is 2.24. The van der Waals surface area contributed by atoms with Gasteiger partial charge in [-0.2, -0.15) is 0 Å². The molecule has 2 nitrogen and oxygen atoms in total. The van der Waals surface area contributed by atoms with Crippen molar-refractivity contribution in [2.75, 3.05) is 32.9 Å². The summed E-state index contributed by atoms with van der Waals surface area (Å²) in [5, 5.41) is 3.15. The molecule has 0 unspecified atom stereocenters. The van der Waals surface area contributed by atoms with E-state index in [4.69, 9.17) is 0 Å². The molecule has 1 aliphatic heterocycles. The Morgan fingerprint density at radius 3 is 2.32 bits per heavy atom. The highest BCUT2D eigenvalue weighted by molar-refractivity contribution is 5.85. The van der Waals surface area contributed by atoms with Gasteiger partial charge in [-0.3, -0.25) is 4.90 Å². The fourth-order valence-electron chi connectivity index (χ4n) is 2.14. The molecule has 0 aliphatic carbocycles. The van der Waals surface area contributed by atoms with Crippen LogP contribution < -0.4 is 5.32 Å². The number of benzene rings is 1. The van der Waals surface area contributed by atoms with Gasteiger partial charge in [0.2, 0.25) is 0 Å². The third-order valence-corrected chi connectivity index (χ3v) is 3.06. The third-order valence-electron chi connectivity index (χ3n) is 3.06. The normalized spacial score (nSPS) is 17.2. The summed E-state index contributed by atoms with van der Waals surface area (Å²) in [4.78, 5) is 1.88. The van der Waals surface area contributed by atoms with Gasteiger partial charge in [0, 0.05) is 37.8 Å². The molecular formula is C12H17Cl2F3N2. The minimum atomic E-state index is -0.675. The maximum Gasteiger partial charge on any atom is 0.130 e. The summed E-state index contributed by atoms with van der Waals surface area (Å²) in [6.07, 6.45) is 0. The summed E-state index contributed by atoms with van der Waals surface area (Å²) >= 11 is 0. The lowest BCUT2D eigenvalue weighted by atomic mass is 10.0. The van der Waals surface area contributed by atoms with Gasteiger partial charge in [0.05, 0.1) is 6.04 Å². The van der Waals surface area contributed by atoms with Crippen molar-refractivity contribution in [1.82, 2.24) is 10.2 Å². The van der Waals surface area contributed by atoms with E-state index in [-0.39, 0.29) is 30.4 Å². The van der Waals surface area contributed by atoms with E-state index in [1.807, 2.05) is 4.90 Å². The molecule has 0 spiro atoms. The molecular weight excluding hydrogens is 300 g/mol. The summed E-state index contributed by atoms with van der Waals surface area (Å²) in [6.45, 7) is 2.21. The van der Waals surface area contributed by atoms with Crippen molar-refractivity contribution in [3.05, 3.63) is 35.4 Å². The molecule has 110 valence electrons. The van der Waals surface area contributed by atoms with Crippen molar-refractivity contribution in [3.63, 3.8) is 0 Å². The van der Waals surface area contributed by atoms with Gasteiger partial charge >= 0.3 is 0 Å². The predicted molar refractivity (Wildman–Crippen MR) is 74.0 cm³/mol. The molecule has 0 aromatic heterocycles. The van der Waals surface area contributed by atoms with Gasteiger partial charge in [0.25, 0.3) is 0 Å². The van der Waals surface area contributed by atoms with Gasteiger partial charge in [0.15, 0.2) is 0 Å². The highest BCUT2D eigenvalue weighted by Gasteiger charge is 2.24. The molecule has 0 saturated carbocycles. The molecule has 1 aromatic carbocycles. The number of halogens is 5. The van der Waals surface area contributed by atoms with Crippen LogP contribution in [0.4, 0.5) is 13.2 Å². The summed E-state index contributed by atoms with van der Waals surface area (Å²) in [6, 6.07) is 2.69. The van der Waals surface area contributed by atoms with E-state index in [1.54, 1.807) is 0 Å². The number of alkyl halides is 1. The molecule has 1 fully saturated rings. The maximum absolute atomic E-state index is 13.6. The zero-order chi connectivity index (χ0) is 12.3. The molecule has 1 aromatic rings. The van der Waals surface area contributed by atoms with E-state index >= 15 is 0 Å². The lowest BCUT2D eigenvalue weighted by Gasteiger charge is -2.33. The van der Waals surface area contributed by atoms with Crippen molar-refractivity contribution < 1.29 is 13.2 Å². The molecule has 19 heavy (non-hydrogen) atoms. The second-order valence-electron chi connectivity index (χ2n) is 4.12. The van der Waals surface area contributed by atoms with E-state index in [2.05, 4.69) is 5.32 Å². The molecule has 7 heteroatoms. The largest absolute Gasteiger partial charge is 0.314 e. The Balaban J connectivity index is 0.00000162. The Morgan fingerprint density at radius 1 is 1.16 bits per heavy atom. The van der Waals surface area contributed by atoms with Crippen LogP contribution in [-0.2, 0) is 0 Å². The number of hydrogen-bond donors (Lipinski definition) is 1. The predicted octanol–water partition coefficient (Wildman–Crippen LogP) is 2.72. The highest BCUT2D eigenvalue weighted by atomic mass is 35.5. The number of piperazine rings is 1. The van der Waals surface area contributed by atoms with Crippen LogP contribution in [-0.4, -0.2) is 37.8 Å². The van der Waals surface area contributed by atoms with Crippen molar-refractivity contribution >= 4 is 24.8 Å². The molecule has 1 aliphatic rings. The SMILES string of the molecule is Cl.Cl.FC[C@@H](c1ccc(F)cc1F)N1CCNCC1. The number of hydrogen-bond acceptors (Lipinski definition) is 2. The van der Waals surface area contributed by atoms with Crippen LogP contribution in [0.3, 0.4) is 0 Å². The Labute approximate surface area is 123 Å². The molecule has 1 atom stereocenters. The van der Waals surface area contributed by atoms with Crippen LogP contribution in [0.1, 0.15) is 11.6 Å². The first-order valence-corrected chi connectivity index (χ1v) is 5.68. The van der Waals surface area contributed by atoms with Crippen LogP contribution in [0.5, 0.6) is 0 Å². The Kier molecular flexibility index (Phi) is 8.41. The second kappa shape index (κ2) is 8.64. The molecule has 1 N–H and O–H groups in total. The zero-order valence-corrected chi connectivity index (χ0v) is 11.9. The van der Waals surface area contributed by atoms with Crippen LogP contribution >= 0.6 is 24.8 Å². The van der Waals surface area contributed by atoms with Crippen LogP contribution in [0.25, 0.3) is 0 Å². The molecule has 0 radical (unpaired) electrons. The monoisotopic (exact) mass is 316 g/mol. The van der Waals surface area contributed by atoms with Gasteiger partial charge in [-0.05, 0) is 6.07 Å². The topological polar surface area (TPSA) is 15.3 Å². The van der Waals surface area contributed by atoms with Gasteiger partial charge in [0.1, 0.15) is 18.3 Å². The molecule has 2 rings (SSSR count). The van der Waals surface area contributed by atoms with E-state index in [1.165, 1.54) is 12.1 Å². The van der Waals surface area contributed by atoms with Crippen LogP contribution in [0.2, 0.25) is 0 Å². The molecule has 0 bridgehead atoms. The van der Waals surface area contributed by atoms with Gasteiger partial charge in [-0.1, -0.05) is 6.07 Å². The van der Waals surface area contributed by atoms with Crippen molar-refractivity contribution in [2.45, 2.75) is 6.04 Å². The van der Waals surface area contributed by atoms with Crippen LogP contribution in [0.15, 0.2) is 18.2 Å². The number of nitrogens with zero attached hydrogens (tertiary/aromatic N) is 1. The average Bonchev–Trinajstić information content (AvgIpc) is 2.34. The third kappa shape index (κ3) is 4.53. The Morgan fingerprint density at radius 2 is 1.79 bits per heavy atom. The summed E-state index contributed by atoms with van der Waals surface area (Å²) < 4.78 is 39.5. The maximum atomic E-state index is 13.6. The second-order valence-corrected chi connectivity index (χ2v) is 4.12. The fraction of sp³-hybridized carbons (Fsp3) is 0.500. The van der Waals surface area contributed by atoms with E-state index in [0.717, 1.165) is 19.2 Å². The average molecular weight is 317 g/mol. The van der Waals surface area contributed by atoms with Crippen molar-refractivity contribution in [3.8, 4) is 0 Å². The Hall–Kier alpha value is -0.490. The summed E-state index contributed by atoms with van der Waals surface area (Å²) in [5.41, 5.74) is 0.232. The molecule has 1 saturated heterocycles. The summed E-state index contributed by atoms with van der Waals surface area (Å²) in [7, 11) is 0. The van der Waals surface area contributed by atoms with Crippen molar-refractivity contribution in [1.29, 1.82) is 0 Å². The lowest BCUT2D eigenvalue weighted by molar-refractivity contribution is 0.144. The van der Waals surface area contributed by atoms with Gasteiger partial charge < -0.3 is 5.32 Å². The minimum absolute atomic E-state index is 0. The van der Waals surface area contributed by atoms with E-state index < -0.39 is 24.4 Å². The molecule has 1 heterocycles. The number of rotatable bonds is 3.